The highest BCUT2D eigenvalue weighted by Gasteiger charge is 2.30. The molecule has 0 bridgehead atoms. The number of aromatic amines is 1. The molecule has 0 fully saturated rings. The van der Waals surface area contributed by atoms with E-state index in [0.717, 1.165) is 22.0 Å². The molecule has 1 aliphatic heterocycles. The number of H-pyrrole nitrogens is 1. The van der Waals surface area contributed by atoms with Crippen LogP contribution in [-0.2, 0) is 6.42 Å². The highest BCUT2D eigenvalue weighted by Crippen LogP contribution is 2.45. The molecule has 2 N–H and O–H groups in total. The van der Waals surface area contributed by atoms with Crippen molar-refractivity contribution >= 4 is 35.0 Å². The molecule has 1 aliphatic rings. The zero-order chi connectivity index (χ0) is 13.4. The smallest absolute Gasteiger partial charge is 0.106 e. The number of aromatic nitrogens is 2. The number of halogens is 2. The van der Waals surface area contributed by atoms with E-state index in [4.69, 9.17) is 23.2 Å². The molecule has 0 radical (unpaired) electrons. The number of hydrogen-bond donors (Lipinski definition) is 2. The molecule has 0 aliphatic carbocycles. The van der Waals surface area contributed by atoms with Crippen LogP contribution in [0.25, 0.3) is 0 Å². The second-order valence-electron chi connectivity index (χ2n) is 4.56. The van der Waals surface area contributed by atoms with Gasteiger partial charge < -0.3 is 10.1 Å². The van der Waals surface area contributed by atoms with E-state index in [9.17, 15) is 5.11 Å². The van der Waals surface area contributed by atoms with Crippen LogP contribution >= 0.6 is 35.0 Å². The third-order valence-corrected chi connectivity index (χ3v) is 5.22. The average Bonchev–Trinajstić information content (AvgIpc) is 2.86. The van der Waals surface area contributed by atoms with Crippen LogP contribution in [0.15, 0.2) is 29.4 Å². The van der Waals surface area contributed by atoms with E-state index < -0.39 is 6.10 Å². The van der Waals surface area contributed by atoms with Crippen molar-refractivity contribution in [3.8, 4) is 0 Å². The summed E-state index contributed by atoms with van der Waals surface area (Å²) in [5.74, 6) is 1.82. The third-order valence-electron chi connectivity index (χ3n) is 3.25. The van der Waals surface area contributed by atoms with Crippen molar-refractivity contribution in [3.63, 3.8) is 0 Å². The minimum atomic E-state index is -0.558. The largest absolute Gasteiger partial charge is 0.388 e. The predicted molar refractivity (Wildman–Crippen MR) is 77.9 cm³/mol. The summed E-state index contributed by atoms with van der Waals surface area (Å²) in [7, 11) is 0. The van der Waals surface area contributed by atoms with Crippen LogP contribution in [-0.4, -0.2) is 20.8 Å². The molecular weight excluding hydrogens is 303 g/mol. The Morgan fingerprint density at radius 1 is 1.42 bits per heavy atom. The lowest BCUT2D eigenvalue weighted by Crippen LogP contribution is -2.22. The van der Waals surface area contributed by atoms with E-state index in [1.165, 1.54) is 0 Å². The second-order valence-corrected chi connectivity index (χ2v) is 6.44. The predicted octanol–water partition coefficient (Wildman–Crippen LogP) is 3.71. The number of thioether (sulfide) groups is 1. The zero-order valence-electron chi connectivity index (χ0n) is 9.94. The Balaban J connectivity index is 1.89. The van der Waals surface area contributed by atoms with E-state index in [2.05, 4.69) is 9.97 Å². The van der Waals surface area contributed by atoms with Crippen molar-refractivity contribution in [1.82, 2.24) is 9.97 Å². The number of fused-ring (bicyclic) bond motifs is 1. The van der Waals surface area contributed by atoms with Gasteiger partial charge in [0.15, 0.2) is 0 Å². The van der Waals surface area contributed by atoms with Gasteiger partial charge in [-0.1, -0.05) is 23.2 Å². The fraction of sp³-hybridized carbons (Fsp3) is 0.308. The van der Waals surface area contributed by atoms with Crippen molar-refractivity contribution in [1.29, 1.82) is 0 Å². The monoisotopic (exact) mass is 314 g/mol. The van der Waals surface area contributed by atoms with Gasteiger partial charge in [-0.05, 0) is 17.7 Å². The van der Waals surface area contributed by atoms with Gasteiger partial charge in [0.25, 0.3) is 0 Å². The van der Waals surface area contributed by atoms with E-state index in [-0.39, 0.29) is 5.92 Å². The first-order valence-electron chi connectivity index (χ1n) is 5.93. The van der Waals surface area contributed by atoms with Crippen molar-refractivity contribution in [3.05, 3.63) is 46.0 Å². The van der Waals surface area contributed by atoms with Gasteiger partial charge in [-0.3, -0.25) is 0 Å². The van der Waals surface area contributed by atoms with Gasteiger partial charge in [0, 0.05) is 40.4 Å². The summed E-state index contributed by atoms with van der Waals surface area (Å²) in [6.45, 7) is 0. The Kier molecular flexibility index (Phi) is 3.76. The summed E-state index contributed by atoms with van der Waals surface area (Å²) in [5, 5.41) is 11.7. The molecule has 0 saturated carbocycles. The maximum absolute atomic E-state index is 10.5. The van der Waals surface area contributed by atoms with E-state index in [0.29, 0.717) is 16.5 Å². The van der Waals surface area contributed by atoms with Gasteiger partial charge >= 0.3 is 0 Å². The molecule has 0 saturated heterocycles. The molecule has 2 heterocycles. The van der Waals surface area contributed by atoms with Gasteiger partial charge in [-0.2, -0.15) is 0 Å². The Bertz CT molecular complexity index is 589. The topological polar surface area (TPSA) is 48.9 Å². The summed E-state index contributed by atoms with van der Waals surface area (Å²) in [6.07, 6.45) is 3.67. The molecule has 100 valence electrons. The highest BCUT2D eigenvalue weighted by atomic mass is 35.5. The minimum absolute atomic E-state index is 0.109. The van der Waals surface area contributed by atoms with Gasteiger partial charge in [-0.15, -0.1) is 11.8 Å². The fourth-order valence-electron chi connectivity index (χ4n) is 2.32. The number of aliphatic hydroxyl groups is 1. The number of nitrogens with zero attached hydrogens (tertiary/aromatic N) is 1. The van der Waals surface area contributed by atoms with Crippen LogP contribution in [0.3, 0.4) is 0 Å². The minimum Gasteiger partial charge on any atom is -0.388 e. The summed E-state index contributed by atoms with van der Waals surface area (Å²) >= 11 is 13.8. The first-order valence-corrected chi connectivity index (χ1v) is 7.67. The van der Waals surface area contributed by atoms with Crippen molar-refractivity contribution < 1.29 is 5.11 Å². The van der Waals surface area contributed by atoms with Gasteiger partial charge in [0.1, 0.15) is 5.82 Å². The number of benzene rings is 1. The maximum Gasteiger partial charge on any atom is 0.106 e. The normalized spacial score (nSPS) is 22.3. The molecule has 2 atom stereocenters. The van der Waals surface area contributed by atoms with Crippen LogP contribution < -0.4 is 0 Å². The van der Waals surface area contributed by atoms with E-state index >= 15 is 0 Å². The number of aliphatic hydroxyl groups excluding tert-OH is 1. The lowest BCUT2D eigenvalue weighted by molar-refractivity contribution is 0.114. The van der Waals surface area contributed by atoms with Gasteiger partial charge in [-0.25, -0.2) is 4.98 Å². The Morgan fingerprint density at radius 3 is 3.00 bits per heavy atom. The van der Waals surface area contributed by atoms with Crippen LogP contribution in [0.5, 0.6) is 0 Å². The van der Waals surface area contributed by atoms with Gasteiger partial charge in [0.2, 0.25) is 0 Å². The number of rotatable bonds is 2. The molecular formula is C13H12Cl2N2OS. The standard InChI is InChI=1S/C13H12Cl2N2OS/c14-8-4-9-12(18)7(3-11-16-1-2-17-11)6-19-13(9)10(15)5-8/h1-2,4-5,7,12,18H,3,6H2,(H,16,17)/t7-,12+/m1/s1. The lowest BCUT2D eigenvalue weighted by atomic mass is 9.93. The molecule has 1 aromatic carbocycles. The van der Waals surface area contributed by atoms with Crippen LogP contribution in [0, 0.1) is 5.92 Å². The summed E-state index contributed by atoms with van der Waals surface area (Å²) in [6, 6.07) is 3.52. The Morgan fingerprint density at radius 2 is 2.26 bits per heavy atom. The first kappa shape index (κ1) is 13.3. The number of nitrogens with one attached hydrogen (secondary N) is 1. The molecule has 1 aromatic heterocycles. The average molecular weight is 315 g/mol. The molecule has 0 spiro atoms. The van der Waals surface area contributed by atoms with Crippen LogP contribution in [0.4, 0.5) is 0 Å². The Labute approximate surface area is 125 Å². The number of imidazole rings is 1. The van der Waals surface area contributed by atoms with E-state index in [1.54, 1.807) is 36.3 Å². The van der Waals surface area contributed by atoms with Crippen molar-refractivity contribution in [2.75, 3.05) is 5.75 Å². The summed E-state index contributed by atoms with van der Waals surface area (Å²) in [5.41, 5.74) is 0.824. The van der Waals surface area contributed by atoms with E-state index in [1.807, 2.05) is 0 Å². The molecule has 2 aromatic rings. The zero-order valence-corrected chi connectivity index (χ0v) is 12.3. The van der Waals surface area contributed by atoms with Crippen molar-refractivity contribution in [2.45, 2.75) is 17.4 Å². The molecule has 6 heteroatoms. The second kappa shape index (κ2) is 5.37. The van der Waals surface area contributed by atoms with Crippen molar-refractivity contribution in [2.24, 2.45) is 5.92 Å². The molecule has 3 rings (SSSR count). The third kappa shape index (κ3) is 2.63. The highest BCUT2D eigenvalue weighted by molar-refractivity contribution is 7.99. The molecule has 0 amide bonds. The lowest BCUT2D eigenvalue weighted by Gasteiger charge is -2.29. The van der Waals surface area contributed by atoms with Gasteiger partial charge in [0.05, 0.1) is 11.1 Å². The first-order chi connectivity index (χ1) is 9.15. The quantitative estimate of drug-likeness (QED) is 0.888. The molecule has 3 nitrogen and oxygen atoms in total. The molecule has 0 unspecified atom stereocenters. The fourth-order valence-corrected chi connectivity index (χ4v) is 4.21. The maximum atomic E-state index is 10.5. The number of hydrogen-bond acceptors (Lipinski definition) is 3. The van der Waals surface area contributed by atoms with Crippen LogP contribution in [0.1, 0.15) is 17.5 Å². The summed E-state index contributed by atoms with van der Waals surface area (Å²) in [4.78, 5) is 8.22. The SMILES string of the molecule is O[C@@H]1c2cc(Cl)cc(Cl)c2SC[C@H]1Cc1ncc[nH]1. The Hall–Kier alpha value is -0.680. The van der Waals surface area contributed by atoms with Crippen LogP contribution in [0.2, 0.25) is 10.0 Å². The molecule has 19 heavy (non-hydrogen) atoms. The summed E-state index contributed by atoms with van der Waals surface area (Å²) < 4.78 is 0.